The van der Waals surface area contributed by atoms with Crippen molar-refractivity contribution in [2.45, 2.75) is 12.5 Å². The van der Waals surface area contributed by atoms with Gasteiger partial charge in [0.15, 0.2) is 0 Å². The van der Waals surface area contributed by atoms with E-state index in [4.69, 9.17) is 11.5 Å². The van der Waals surface area contributed by atoms with Gasteiger partial charge in [0, 0.05) is 30.7 Å². The van der Waals surface area contributed by atoms with Gasteiger partial charge in [0.05, 0.1) is 5.97 Å². The second-order valence-corrected chi connectivity index (χ2v) is 2.46. The molecule has 0 aromatic heterocycles. The molecule has 1 atom stereocenters. The van der Waals surface area contributed by atoms with Gasteiger partial charge in [0.1, 0.15) is 0 Å². The molecule has 0 aliphatic carbocycles. The predicted octanol–water partition coefficient (Wildman–Crippen LogP) is -4.30. The summed E-state index contributed by atoms with van der Waals surface area (Å²) in [6, 6.07) is -1.46. The quantitative estimate of drug-likeness (QED) is 0.332. The first-order valence-electron chi connectivity index (χ1n) is 3.42. The van der Waals surface area contributed by atoms with E-state index in [1.165, 1.54) is 0 Å². The van der Waals surface area contributed by atoms with Crippen molar-refractivity contribution in [3.8, 4) is 0 Å². The summed E-state index contributed by atoms with van der Waals surface area (Å²) in [6.07, 6.45) is -0.706. The van der Waals surface area contributed by atoms with E-state index in [-0.39, 0.29) is 23.1 Å². The number of rotatable bonds is 4. The number of carbonyl (C=O) groups excluding carboxylic acids is 2. The minimum Gasteiger partial charge on any atom is -0.550 e. The Morgan fingerprint density at radius 3 is 1.79 bits per heavy atom. The molecule has 0 aliphatic rings. The number of thiol groups is 1. The van der Waals surface area contributed by atoms with Gasteiger partial charge in [-0.15, -0.1) is 0 Å². The zero-order chi connectivity index (χ0) is 10.9. The van der Waals surface area contributed by atoms with E-state index in [0.29, 0.717) is 6.54 Å². The molecule has 0 fully saturated rings. The molecule has 4 N–H and O–H groups in total. The molecule has 0 bridgehead atoms. The van der Waals surface area contributed by atoms with Gasteiger partial charge in [-0.05, 0) is 0 Å². The Balaban J connectivity index is -0.000000209. The van der Waals surface area contributed by atoms with Gasteiger partial charge >= 0.3 is 23.1 Å². The molecule has 0 spiro atoms. The van der Waals surface area contributed by atoms with Crippen molar-refractivity contribution in [2.75, 3.05) is 12.3 Å². The summed E-state index contributed by atoms with van der Waals surface area (Å²) in [5.74, 6) is -2.29. The number of carboxylic acid groups (broad SMARTS) is 2. The second kappa shape index (κ2) is 13.0. The van der Waals surface area contributed by atoms with Crippen LogP contribution in [0.1, 0.15) is 6.42 Å². The molecular formula is C6H12MgN2O4S. The summed E-state index contributed by atoms with van der Waals surface area (Å²) in [5.41, 5.74) is 9.69. The van der Waals surface area contributed by atoms with Gasteiger partial charge in [-0.3, -0.25) is 0 Å². The van der Waals surface area contributed by atoms with E-state index in [1.54, 1.807) is 0 Å². The molecule has 0 saturated carbocycles. The minimum absolute atomic E-state index is 0. The van der Waals surface area contributed by atoms with Crippen molar-refractivity contribution in [1.82, 2.24) is 0 Å². The van der Waals surface area contributed by atoms with Gasteiger partial charge < -0.3 is 31.3 Å². The molecule has 0 amide bonds. The van der Waals surface area contributed by atoms with Gasteiger partial charge in [-0.2, -0.15) is 12.6 Å². The number of carbonyl (C=O) groups is 2. The van der Waals surface area contributed by atoms with Crippen LogP contribution in [0.3, 0.4) is 0 Å². The van der Waals surface area contributed by atoms with Crippen LogP contribution in [-0.2, 0) is 9.59 Å². The van der Waals surface area contributed by atoms with Crippen LogP contribution in [0.4, 0.5) is 0 Å². The Hall–Kier alpha value is -0.0238. The first kappa shape index (κ1) is 19.5. The second-order valence-electron chi connectivity index (χ2n) is 2.01. The summed E-state index contributed by atoms with van der Waals surface area (Å²) in [5, 5.41) is 19.3. The maximum atomic E-state index is 9.71. The fourth-order valence-electron chi connectivity index (χ4n) is 0.263. The van der Waals surface area contributed by atoms with Crippen molar-refractivity contribution < 1.29 is 19.8 Å². The molecule has 0 aliphatic heterocycles. The van der Waals surface area contributed by atoms with E-state index in [1.807, 2.05) is 0 Å². The molecule has 0 aromatic carbocycles. The normalized spacial score (nSPS) is 10.2. The molecule has 78 valence electrons. The van der Waals surface area contributed by atoms with Crippen LogP contribution < -0.4 is 21.7 Å². The Labute approximate surface area is 104 Å². The van der Waals surface area contributed by atoms with Crippen molar-refractivity contribution in [3.63, 3.8) is 0 Å². The van der Waals surface area contributed by atoms with Gasteiger partial charge in [0.2, 0.25) is 0 Å². The predicted molar refractivity (Wildman–Crippen MR) is 51.3 cm³/mol. The van der Waals surface area contributed by atoms with E-state index in [0.717, 1.165) is 5.75 Å². The maximum Gasteiger partial charge on any atom is 2.00 e. The average molecular weight is 233 g/mol. The molecule has 0 saturated heterocycles. The van der Waals surface area contributed by atoms with Gasteiger partial charge in [-0.25, -0.2) is 0 Å². The number of hydrogen-bond donors (Lipinski definition) is 3. The van der Waals surface area contributed by atoms with Crippen molar-refractivity contribution in [2.24, 2.45) is 11.5 Å². The van der Waals surface area contributed by atoms with Crippen LogP contribution in [0, 0.1) is 0 Å². The SMILES string of the molecule is NC(CC(=O)[O-])C(=O)[O-].NCCS.[Mg+2]. The smallest absolute Gasteiger partial charge is 0.550 e. The van der Waals surface area contributed by atoms with Gasteiger partial charge in [0.25, 0.3) is 0 Å². The molecule has 1 unspecified atom stereocenters. The van der Waals surface area contributed by atoms with E-state index < -0.39 is 24.4 Å². The number of carboxylic acids is 2. The molecule has 8 heteroatoms. The first-order chi connectivity index (χ1) is 5.95. The summed E-state index contributed by atoms with van der Waals surface area (Å²) in [7, 11) is 0. The summed E-state index contributed by atoms with van der Waals surface area (Å²) in [6.45, 7) is 0.684. The van der Waals surface area contributed by atoms with Crippen LogP contribution in [0.25, 0.3) is 0 Å². The summed E-state index contributed by atoms with van der Waals surface area (Å²) in [4.78, 5) is 19.3. The molecule has 14 heavy (non-hydrogen) atoms. The Kier molecular flexibility index (Phi) is 18.1. The Bertz CT molecular complexity index is 168. The fourth-order valence-corrected chi connectivity index (χ4v) is 0.263. The van der Waals surface area contributed by atoms with Crippen molar-refractivity contribution in [3.05, 3.63) is 0 Å². The zero-order valence-corrected chi connectivity index (χ0v) is 9.95. The van der Waals surface area contributed by atoms with Crippen molar-refractivity contribution >= 4 is 47.6 Å². The number of aliphatic carboxylic acids is 2. The minimum atomic E-state index is -1.58. The van der Waals surface area contributed by atoms with Crippen molar-refractivity contribution in [1.29, 1.82) is 0 Å². The molecule has 0 rings (SSSR count). The first-order valence-corrected chi connectivity index (χ1v) is 4.06. The van der Waals surface area contributed by atoms with Gasteiger partial charge in [-0.1, -0.05) is 0 Å². The third kappa shape index (κ3) is 17.9. The Morgan fingerprint density at radius 2 is 1.71 bits per heavy atom. The molecular weight excluding hydrogens is 220 g/mol. The zero-order valence-electron chi connectivity index (χ0n) is 7.64. The Morgan fingerprint density at radius 1 is 1.36 bits per heavy atom. The third-order valence-electron chi connectivity index (χ3n) is 0.818. The molecule has 0 heterocycles. The topological polar surface area (TPSA) is 132 Å². The van der Waals surface area contributed by atoms with E-state index >= 15 is 0 Å². The van der Waals surface area contributed by atoms with Crippen LogP contribution in [-0.4, -0.2) is 53.3 Å². The van der Waals surface area contributed by atoms with E-state index in [9.17, 15) is 19.8 Å². The van der Waals surface area contributed by atoms with Crippen LogP contribution in [0.2, 0.25) is 0 Å². The molecule has 0 aromatic rings. The number of nitrogens with two attached hydrogens (primary N) is 2. The van der Waals surface area contributed by atoms with Crippen LogP contribution in [0.15, 0.2) is 0 Å². The standard InChI is InChI=1S/C4H7NO4.C2H7NS.Mg/c5-2(4(8)9)1-3(6)7;3-1-2-4;/h2H,1,5H2,(H,6,7)(H,8,9);4H,1-3H2;/q;;+2/p-2. The molecule has 0 radical (unpaired) electrons. The van der Waals surface area contributed by atoms with E-state index in [2.05, 4.69) is 12.6 Å². The summed E-state index contributed by atoms with van der Waals surface area (Å²) >= 11 is 3.80. The molecule has 6 nitrogen and oxygen atoms in total. The van der Waals surface area contributed by atoms with Crippen LogP contribution >= 0.6 is 12.6 Å². The number of hydrogen-bond acceptors (Lipinski definition) is 7. The maximum absolute atomic E-state index is 9.71. The largest absolute Gasteiger partial charge is 2.00 e. The monoisotopic (exact) mass is 232 g/mol. The third-order valence-corrected chi connectivity index (χ3v) is 1.08. The summed E-state index contributed by atoms with van der Waals surface area (Å²) < 4.78 is 0. The fraction of sp³-hybridized carbons (Fsp3) is 0.667. The van der Waals surface area contributed by atoms with Crippen LogP contribution in [0.5, 0.6) is 0 Å². The average Bonchev–Trinajstić information content (AvgIpc) is 2.03.